The number of rotatable bonds is 4. The molecule has 1 atom stereocenters. The van der Waals surface area contributed by atoms with Crippen molar-refractivity contribution in [1.82, 2.24) is 9.80 Å². The van der Waals surface area contributed by atoms with Crippen molar-refractivity contribution in [2.75, 3.05) is 39.1 Å². The van der Waals surface area contributed by atoms with Gasteiger partial charge in [-0.05, 0) is 45.9 Å². The highest BCUT2D eigenvalue weighted by Crippen LogP contribution is 2.15. The number of hydrogen-bond donors (Lipinski definition) is 0. The predicted molar refractivity (Wildman–Crippen MR) is 66.1 cm³/mol. The Morgan fingerprint density at radius 2 is 1.93 bits per heavy atom. The van der Waals surface area contributed by atoms with E-state index in [-0.39, 0.29) is 0 Å². The van der Waals surface area contributed by atoms with Crippen LogP contribution in [0.15, 0.2) is 0 Å². The normalized spacial score (nSPS) is 22.9. The molecule has 0 N–H and O–H groups in total. The summed E-state index contributed by atoms with van der Waals surface area (Å²) in [6.45, 7) is 6.12. The summed E-state index contributed by atoms with van der Waals surface area (Å²) in [6, 6.07) is 0.811. The summed E-state index contributed by atoms with van der Waals surface area (Å²) in [5.41, 5.74) is 0. The van der Waals surface area contributed by atoms with Gasteiger partial charge in [-0.2, -0.15) is 0 Å². The summed E-state index contributed by atoms with van der Waals surface area (Å²) < 4.78 is 0. The van der Waals surface area contributed by atoms with Crippen LogP contribution in [0.5, 0.6) is 0 Å². The van der Waals surface area contributed by atoms with Gasteiger partial charge in [0.15, 0.2) is 0 Å². The lowest BCUT2D eigenvalue weighted by Crippen LogP contribution is -2.43. The molecule has 1 fully saturated rings. The molecule has 0 aromatic rings. The molecule has 1 unspecified atom stereocenters. The zero-order valence-corrected chi connectivity index (χ0v) is 11.3. The van der Waals surface area contributed by atoms with E-state index < -0.39 is 0 Å². The highest BCUT2D eigenvalue weighted by Gasteiger charge is 2.20. The summed E-state index contributed by atoms with van der Waals surface area (Å²) in [4.78, 5) is 4.97. The Morgan fingerprint density at radius 3 is 2.36 bits per heavy atom. The van der Waals surface area contributed by atoms with Gasteiger partial charge in [0.05, 0.1) is 0 Å². The molecule has 14 heavy (non-hydrogen) atoms. The molecule has 0 amide bonds. The van der Waals surface area contributed by atoms with Gasteiger partial charge < -0.3 is 9.80 Å². The molecule has 1 saturated heterocycles. The van der Waals surface area contributed by atoms with Gasteiger partial charge in [0.1, 0.15) is 0 Å². The molecule has 1 heterocycles. The van der Waals surface area contributed by atoms with E-state index in [2.05, 4.69) is 46.7 Å². The zero-order chi connectivity index (χ0) is 10.6. The molecule has 1 aliphatic rings. The Labute approximate surface area is 96.8 Å². The second-order valence-electron chi connectivity index (χ2n) is 4.75. The number of nitrogens with zero attached hydrogens (tertiary/aromatic N) is 2. The maximum atomic E-state index is 3.54. The molecule has 0 aromatic heterocycles. The van der Waals surface area contributed by atoms with Gasteiger partial charge in [0.2, 0.25) is 0 Å². The molecule has 2 nitrogen and oxygen atoms in total. The first-order chi connectivity index (χ1) is 6.63. The lowest BCUT2D eigenvalue weighted by atomic mass is 10.0. The van der Waals surface area contributed by atoms with Crippen molar-refractivity contribution in [3.8, 4) is 0 Å². The van der Waals surface area contributed by atoms with Crippen LogP contribution < -0.4 is 0 Å². The molecule has 0 bridgehead atoms. The van der Waals surface area contributed by atoms with E-state index in [9.17, 15) is 0 Å². The van der Waals surface area contributed by atoms with Crippen LogP contribution in [0.25, 0.3) is 0 Å². The van der Waals surface area contributed by atoms with Crippen molar-refractivity contribution in [3.05, 3.63) is 0 Å². The quantitative estimate of drug-likeness (QED) is 0.716. The smallest absolute Gasteiger partial charge is 0.0113 e. The second kappa shape index (κ2) is 6.09. The van der Waals surface area contributed by atoms with Gasteiger partial charge >= 0.3 is 0 Å². The minimum Gasteiger partial charge on any atom is -0.306 e. The standard InChI is InChI=1S/C11H23BrN2/c1-10(8-12)9-14-6-4-11(5-7-14)13(2)3/h10-11H,4-9H2,1-3H3. The summed E-state index contributed by atoms with van der Waals surface area (Å²) >= 11 is 3.54. The highest BCUT2D eigenvalue weighted by molar-refractivity contribution is 9.09. The molecule has 0 aliphatic carbocycles. The molecule has 84 valence electrons. The van der Waals surface area contributed by atoms with Crippen LogP contribution in [-0.2, 0) is 0 Å². The SMILES string of the molecule is CC(CBr)CN1CCC(N(C)C)CC1. The van der Waals surface area contributed by atoms with Gasteiger partial charge in [-0.25, -0.2) is 0 Å². The second-order valence-corrected chi connectivity index (χ2v) is 5.40. The van der Waals surface area contributed by atoms with Crippen molar-refractivity contribution in [3.63, 3.8) is 0 Å². The minimum atomic E-state index is 0.783. The number of likely N-dealkylation sites (tertiary alicyclic amines) is 1. The van der Waals surface area contributed by atoms with Crippen LogP contribution in [-0.4, -0.2) is 54.9 Å². The predicted octanol–water partition coefficient (Wildman–Crippen LogP) is 2.04. The Morgan fingerprint density at radius 1 is 1.36 bits per heavy atom. The first-order valence-corrected chi connectivity index (χ1v) is 6.70. The summed E-state index contributed by atoms with van der Waals surface area (Å²) in [6.07, 6.45) is 2.67. The number of piperidine rings is 1. The van der Waals surface area contributed by atoms with E-state index in [1.54, 1.807) is 0 Å². The van der Waals surface area contributed by atoms with Crippen molar-refractivity contribution < 1.29 is 0 Å². The Balaban J connectivity index is 2.22. The van der Waals surface area contributed by atoms with Gasteiger partial charge in [0.25, 0.3) is 0 Å². The Hall–Kier alpha value is 0.400. The van der Waals surface area contributed by atoms with E-state index in [0.29, 0.717) is 0 Å². The molecular weight excluding hydrogens is 240 g/mol. The van der Waals surface area contributed by atoms with Crippen LogP contribution in [0.4, 0.5) is 0 Å². The van der Waals surface area contributed by atoms with Crippen molar-refractivity contribution in [2.45, 2.75) is 25.8 Å². The third-order valence-corrected chi connectivity index (χ3v) is 4.23. The summed E-state index contributed by atoms with van der Waals surface area (Å²) in [5, 5.41) is 1.13. The van der Waals surface area contributed by atoms with Gasteiger partial charge in [-0.3, -0.25) is 0 Å². The first-order valence-electron chi connectivity index (χ1n) is 5.58. The first kappa shape index (κ1) is 12.5. The van der Waals surface area contributed by atoms with Crippen LogP contribution in [0.3, 0.4) is 0 Å². The monoisotopic (exact) mass is 262 g/mol. The third-order valence-electron chi connectivity index (χ3n) is 3.12. The van der Waals surface area contributed by atoms with Crippen molar-refractivity contribution >= 4 is 15.9 Å². The van der Waals surface area contributed by atoms with E-state index in [4.69, 9.17) is 0 Å². The number of hydrogen-bond acceptors (Lipinski definition) is 2. The van der Waals surface area contributed by atoms with Crippen molar-refractivity contribution in [2.24, 2.45) is 5.92 Å². The molecule has 0 spiro atoms. The lowest BCUT2D eigenvalue weighted by Gasteiger charge is -2.36. The van der Waals surface area contributed by atoms with E-state index in [0.717, 1.165) is 17.3 Å². The topological polar surface area (TPSA) is 6.48 Å². The maximum absolute atomic E-state index is 3.54. The van der Waals surface area contributed by atoms with Gasteiger partial charge in [0, 0.05) is 17.9 Å². The maximum Gasteiger partial charge on any atom is 0.0113 e. The zero-order valence-electron chi connectivity index (χ0n) is 9.67. The van der Waals surface area contributed by atoms with Crippen LogP contribution in [0.2, 0.25) is 0 Å². The fourth-order valence-electron chi connectivity index (χ4n) is 2.11. The van der Waals surface area contributed by atoms with Gasteiger partial charge in [-0.1, -0.05) is 22.9 Å². The molecule has 0 aromatic carbocycles. The third kappa shape index (κ3) is 3.87. The number of alkyl halides is 1. The number of halogens is 1. The van der Waals surface area contributed by atoms with E-state index >= 15 is 0 Å². The van der Waals surface area contributed by atoms with E-state index in [1.807, 2.05) is 0 Å². The van der Waals surface area contributed by atoms with Crippen molar-refractivity contribution in [1.29, 1.82) is 0 Å². The molecule has 1 aliphatic heterocycles. The fourth-order valence-corrected chi connectivity index (χ4v) is 2.31. The van der Waals surface area contributed by atoms with Crippen LogP contribution in [0.1, 0.15) is 19.8 Å². The fraction of sp³-hybridized carbons (Fsp3) is 1.00. The highest BCUT2D eigenvalue weighted by atomic mass is 79.9. The summed E-state index contributed by atoms with van der Waals surface area (Å²) in [7, 11) is 4.39. The Bertz CT molecular complexity index is 153. The lowest BCUT2D eigenvalue weighted by molar-refractivity contribution is 0.135. The van der Waals surface area contributed by atoms with Crippen LogP contribution in [0, 0.1) is 5.92 Å². The molecule has 0 radical (unpaired) electrons. The molecule has 3 heteroatoms. The molecule has 1 rings (SSSR count). The molecule has 0 saturated carbocycles. The van der Waals surface area contributed by atoms with E-state index in [1.165, 1.54) is 32.5 Å². The molecular formula is C11H23BrN2. The van der Waals surface area contributed by atoms with Crippen LogP contribution >= 0.6 is 15.9 Å². The average molecular weight is 263 g/mol. The largest absolute Gasteiger partial charge is 0.306 e. The Kier molecular flexibility index (Phi) is 5.42. The minimum absolute atomic E-state index is 0.783. The summed E-state index contributed by atoms with van der Waals surface area (Å²) in [5.74, 6) is 0.783. The van der Waals surface area contributed by atoms with Gasteiger partial charge in [-0.15, -0.1) is 0 Å². The average Bonchev–Trinajstić information content (AvgIpc) is 2.18.